The predicted molar refractivity (Wildman–Crippen MR) is 61.8 cm³/mol. The van der Waals surface area contributed by atoms with Gasteiger partial charge in [0.25, 0.3) is 5.91 Å². The van der Waals surface area contributed by atoms with Crippen LogP contribution in [0, 0.1) is 11.3 Å². The van der Waals surface area contributed by atoms with Crippen LogP contribution < -0.4 is 11.1 Å². The summed E-state index contributed by atoms with van der Waals surface area (Å²) < 4.78 is 0. The molecule has 1 aromatic rings. The first-order chi connectivity index (χ1) is 7.67. The van der Waals surface area contributed by atoms with E-state index in [1.165, 1.54) is 0 Å². The van der Waals surface area contributed by atoms with E-state index in [1.54, 1.807) is 24.3 Å². The number of hydrogen-bond acceptors (Lipinski definition) is 3. The summed E-state index contributed by atoms with van der Waals surface area (Å²) >= 11 is 0. The largest absolute Gasteiger partial charge is 0.350 e. The van der Waals surface area contributed by atoms with E-state index < -0.39 is 0 Å². The molecule has 1 unspecified atom stereocenters. The lowest BCUT2D eigenvalue weighted by Gasteiger charge is -2.10. The van der Waals surface area contributed by atoms with Crippen LogP contribution in [0.15, 0.2) is 24.3 Å². The van der Waals surface area contributed by atoms with Gasteiger partial charge in [-0.25, -0.2) is 0 Å². The number of rotatable bonds is 4. The van der Waals surface area contributed by atoms with Gasteiger partial charge in [0.2, 0.25) is 0 Å². The second kappa shape index (κ2) is 5.89. The van der Waals surface area contributed by atoms with E-state index >= 15 is 0 Å². The molecule has 0 aliphatic carbocycles. The molecule has 0 fully saturated rings. The zero-order valence-electron chi connectivity index (χ0n) is 9.23. The molecule has 0 spiro atoms. The highest BCUT2D eigenvalue weighted by Gasteiger charge is 2.07. The molecule has 84 valence electrons. The van der Waals surface area contributed by atoms with E-state index in [0.29, 0.717) is 17.7 Å². The number of carbonyl (C=O) groups is 1. The van der Waals surface area contributed by atoms with Crippen molar-refractivity contribution in [3.05, 3.63) is 35.4 Å². The molecule has 0 aliphatic rings. The summed E-state index contributed by atoms with van der Waals surface area (Å²) in [5, 5.41) is 11.4. The van der Waals surface area contributed by atoms with Gasteiger partial charge in [-0.2, -0.15) is 5.26 Å². The standard InChI is InChI=1S/C12H15N3O/c1-2-11(14)8-15-12(16)10-5-3-4-9(6-10)7-13/h3-6,11H,2,8,14H2,1H3,(H,15,16). The number of amides is 1. The molecule has 0 radical (unpaired) electrons. The fraction of sp³-hybridized carbons (Fsp3) is 0.333. The summed E-state index contributed by atoms with van der Waals surface area (Å²) in [5.74, 6) is -0.194. The summed E-state index contributed by atoms with van der Waals surface area (Å²) in [6.45, 7) is 2.42. The molecule has 0 saturated heterocycles. The summed E-state index contributed by atoms with van der Waals surface area (Å²) in [4.78, 5) is 11.7. The summed E-state index contributed by atoms with van der Waals surface area (Å²) in [6, 6.07) is 8.55. The van der Waals surface area contributed by atoms with Crippen LogP contribution in [-0.2, 0) is 0 Å². The first-order valence-electron chi connectivity index (χ1n) is 5.21. The van der Waals surface area contributed by atoms with Crippen LogP contribution in [0.25, 0.3) is 0 Å². The third kappa shape index (κ3) is 3.37. The Morgan fingerprint density at radius 3 is 3.00 bits per heavy atom. The number of benzene rings is 1. The highest BCUT2D eigenvalue weighted by atomic mass is 16.1. The van der Waals surface area contributed by atoms with Gasteiger partial charge >= 0.3 is 0 Å². The lowest BCUT2D eigenvalue weighted by molar-refractivity contribution is 0.0951. The minimum Gasteiger partial charge on any atom is -0.350 e. The van der Waals surface area contributed by atoms with Gasteiger partial charge in [-0.05, 0) is 24.6 Å². The highest BCUT2D eigenvalue weighted by molar-refractivity contribution is 5.94. The van der Waals surface area contributed by atoms with Crippen molar-refractivity contribution in [2.45, 2.75) is 19.4 Å². The second-order valence-corrected chi connectivity index (χ2v) is 3.57. The van der Waals surface area contributed by atoms with Gasteiger partial charge in [0.15, 0.2) is 0 Å². The van der Waals surface area contributed by atoms with Crippen molar-refractivity contribution in [2.24, 2.45) is 5.73 Å². The quantitative estimate of drug-likeness (QED) is 0.790. The topological polar surface area (TPSA) is 78.9 Å². The Morgan fingerprint density at radius 2 is 2.38 bits per heavy atom. The monoisotopic (exact) mass is 217 g/mol. The molecule has 1 aromatic carbocycles. The van der Waals surface area contributed by atoms with Gasteiger partial charge in [-0.1, -0.05) is 13.0 Å². The van der Waals surface area contributed by atoms with Crippen molar-refractivity contribution >= 4 is 5.91 Å². The lowest BCUT2D eigenvalue weighted by atomic mass is 10.1. The van der Waals surface area contributed by atoms with Crippen LogP contribution in [0.1, 0.15) is 29.3 Å². The van der Waals surface area contributed by atoms with Crippen molar-refractivity contribution in [1.82, 2.24) is 5.32 Å². The second-order valence-electron chi connectivity index (χ2n) is 3.57. The van der Waals surface area contributed by atoms with Crippen molar-refractivity contribution < 1.29 is 4.79 Å². The maximum atomic E-state index is 11.7. The van der Waals surface area contributed by atoms with Gasteiger partial charge in [0.05, 0.1) is 11.6 Å². The van der Waals surface area contributed by atoms with Crippen molar-refractivity contribution in [2.75, 3.05) is 6.54 Å². The van der Waals surface area contributed by atoms with Crippen LogP contribution in [0.3, 0.4) is 0 Å². The third-order valence-corrected chi connectivity index (χ3v) is 2.30. The Labute approximate surface area is 95.1 Å². The van der Waals surface area contributed by atoms with Crippen LogP contribution >= 0.6 is 0 Å². The van der Waals surface area contributed by atoms with Gasteiger partial charge in [0.1, 0.15) is 0 Å². The maximum absolute atomic E-state index is 11.7. The van der Waals surface area contributed by atoms with Gasteiger partial charge < -0.3 is 11.1 Å². The molecule has 4 heteroatoms. The Bertz CT molecular complexity index is 409. The molecular weight excluding hydrogens is 202 g/mol. The minimum atomic E-state index is -0.194. The first kappa shape index (κ1) is 12.2. The Morgan fingerprint density at radius 1 is 1.62 bits per heavy atom. The fourth-order valence-corrected chi connectivity index (χ4v) is 1.20. The number of nitriles is 1. The Kier molecular flexibility index (Phi) is 4.49. The average Bonchev–Trinajstić information content (AvgIpc) is 2.35. The molecule has 3 N–H and O–H groups in total. The summed E-state index contributed by atoms with van der Waals surface area (Å²) in [6.07, 6.45) is 0.818. The van der Waals surface area contributed by atoms with E-state index in [1.807, 2.05) is 13.0 Å². The molecular formula is C12H15N3O. The summed E-state index contributed by atoms with van der Waals surface area (Å²) in [5.41, 5.74) is 6.66. The molecule has 0 aromatic heterocycles. The number of hydrogen-bond donors (Lipinski definition) is 2. The van der Waals surface area contributed by atoms with Crippen LogP contribution in [0.2, 0.25) is 0 Å². The zero-order valence-corrected chi connectivity index (χ0v) is 9.23. The molecule has 0 bridgehead atoms. The van der Waals surface area contributed by atoms with E-state index in [-0.39, 0.29) is 11.9 Å². The normalized spacial score (nSPS) is 11.6. The minimum absolute atomic E-state index is 0.0249. The van der Waals surface area contributed by atoms with Gasteiger partial charge in [0, 0.05) is 18.2 Å². The van der Waals surface area contributed by atoms with Crippen molar-refractivity contribution in [1.29, 1.82) is 5.26 Å². The molecule has 16 heavy (non-hydrogen) atoms. The van der Waals surface area contributed by atoms with E-state index in [0.717, 1.165) is 6.42 Å². The first-order valence-corrected chi connectivity index (χ1v) is 5.21. The van der Waals surface area contributed by atoms with Crippen LogP contribution in [0.5, 0.6) is 0 Å². The zero-order chi connectivity index (χ0) is 12.0. The van der Waals surface area contributed by atoms with Crippen LogP contribution in [-0.4, -0.2) is 18.5 Å². The van der Waals surface area contributed by atoms with E-state index in [4.69, 9.17) is 11.0 Å². The fourth-order valence-electron chi connectivity index (χ4n) is 1.20. The molecule has 4 nitrogen and oxygen atoms in total. The predicted octanol–water partition coefficient (Wildman–Crippen LogP) is 1.03. The van der Waals surface area contributed by atoms with Crippen LogP contribution in [0.4, 0.5) is 0 Å². The van der Waals surface area contributed by atoms with Gasteiger partial charge in [-0.3, -0.25) is 4.79 Å². The SMILES string of the molecule is CCC(N)CNC(=O)c1cccc(C#N)c1. The van der Waals surface area contributed by atoms with Gasteiger partial charge in [-0.15, -0.1) is 0 Å². The van der Waals surface area contributed by atoms with Crippen molar-refractivity contribution in [3.8, 4) is 6.07 Å². The molecule has 1 rings (SSSR count). The number of nitrogens with one attached hydrogen (secondary N) is 1. The van der Waals surface area contributed by atoms with E-state index in [2.05, 4.69) is 5.32 Å². The smallest absolute Gasteiger partial charge is 0.251 e. The lowest BCUT2D eigenvalue weighted by Crippen LogP contribution is -2.36. The highest BCUT2D eigenvalue weighted by Crippen LogP contribution is 2.03. The van der Waals surface area contributed by atoms with E-state index in [9.17, 15) is 4.79 Å². The maximum Gasteiger partial charge on any atom is 0.251 e. The molecule has 0 heterocycles. The molecule has 1 amide bonds. The summed E-state index contributed by atoms with van der Waals surface area (Å²) in [7, 11) is 0. The van der Waals surface area contributed by atoms with Crippen molar-refractivity contribution in [3.63, 3.8) is 0 Å². The Hall–Kier alpha value is -1.86. The molecule has 0 saturated carbocycles. The number of nitrogens with two attached hydrogens (primary N) is 1. The molecule has 1 atom stereocenters. The number of carbonyl (C=O) groups excluding carboxylic acids is 1. The third-order valence-electron chi connectivity index (χ3n) is 2.30. The molecule has 0 aliphatic heterocycles. The number of nitrogens with zero attached hydrogens (tertiary/aromatic N) is 1. The Balaban J connectivity index is 2.63. The average molecular weight is 217 g/mol.